The molecule has 0 atom stereocenters. The second-order valence-corrected chi connectivity index (χ2v) is 4.61. The molecule has 0 saturated heterocycles. The van der Waals surface area contributed by atoms with Crippen molar-refractivity contribution in [3.05, 3.63) is 0 Å². The zero-order valence-electron chi connectivity index (χ0n) is 9.08. The minimum atomic E-state index is 0.550. The molecular formula is C11H21N3. The third-order valence-corrected chi connectivity index (χ3v) is 2.85. The number of hydrogen-bond donors (Lipinski definition) is 1. The Morgan fingerprint density at radius 2 is 2.07 bits per heavy atom. The van der Waals surface area contributed by atoms with Gasteiger partial charge in [0, 0.05) is 13.1 Å². The lowest BCUT2D eigenvalue weighted by molar-refractivity contribution is 0.393. The van der Waals surface area contributed by atoms with Crippen LogP contribution in [0, 0.1) is 5.92 Å². The zero-order chi connectivity index (χ0) is 9.97. The Balaban J connectivity index is 1.85. The van der Waals surface area contributed by atoms with Crippen molar-refractivity contribution in [1.82, 2.24) is 4.90 Å². The van der Waals surface area contributed by atoms with Gasteiger partial charge in [-0.05, 0) is 38.0 Å². The second kappa shape index (κ2) is 4.20. The van der Waals surface area contributed by atoms with Crippen molar-refractivity contribution in [3.63, 3.8) is 0 Å². The van der Waals surface area contributed by atoms with E-state index in [0.29, 0.717) is 6.04 Å². The smallest absolute Gasteiger partial charge is 0.191 e. The van der Waals surface area contributed by atoms with Crippen molar-refractivity contribution in [2.45, 2.75) is 45.1 Å². The number of aliphatic imine (C=N–C) groups is 1. The lowest BCUT2D eigenvalue weighted by atomic mass is 10.3. The van der Waals surface area contributed by atoms with E-state index in [-0.39, 0.29) is 0 Å². The minimum absolute atomic E-state index is 0.550. The van der Waals surface area contributed by atoms with E-state index in [9.17, 15) is 0 Å². The topological polar surface area (TPSA) is 41.6 Å². The van der Waals surface area contributed by atoms with Gasteiger partial charge in [0.05, 0.1) is 6.04 Å². The van der Waals surface area contributed by atoms with E-state index in [1.54, 1.807) is 0 Å². The number of nitrogens with zero attached hydrogens (tertiary/aromatic N) is 2. The highest BCUT2D eigenvalue weighted by molar-refractivity contribution is 5.78. The molecular weight excluding hydrogens is 174 g/mol. The van der Waals surface area contributed by atoms with Gasteiger partial charge >= 0.3 is 0 Å². The molecule has 2 fully saturated rings. The maximum Gasteiger partial charge on any atom is 0.191 e. The highest BCUT2D eigenvalue weighted by Crippen LogP contribution is 2.30. The number of rotatable bonds is 5. The summed E-state index contributed by atoms with van der Waals surface area (Å²) in [4.78, 5) is 6.78. The largest absolute Gasteiger partial charge is 0.370 e. The molecule has 0 unspecified atom stereocenters. The van der Waals surface area contributed by atoms with Crippen LogP contribution in [0.2, 0.25) is 0 Å². The van der Waals surface area contributed by atoms with Crippen LogP contribution in [0.4, 0.5) is 0 Å². The predicted octanol–water partition coefficient (Wildman–Crippen LogP) is 1.59. The Kier molecular flexibility index (Phi) is 2.94. The molecule has 2 aliphatic carbocycles. The van der Waals surface area contributed by atoms with Crippen molar-refractivity contribution in [2.75, 3.05) is 13.1 Å². The van der Waals surface area contributed by atoms with Gasteiger partial charge in [0.15, 0.2) is 5.96 Å². The molecule has 3 heteroatoms. The average Bonchev–Trinajstić information content (AvgIpc) is 2.97. The molecule has 0 aromatic heterocycles. The van der Waals surface area contributed by atoms with Crippen LogP contribution in [0.1, 0.15) is 39.0 Å². The van der Waals surface area contributed by atoms with Gasteiger partial charge in [-0.3, -0.25) is 0 Å². The molecule has 2 saturated carbocycles. The molecule has 0 spiro atoms. The summed E-state index contributed by atoms with van der Waals surface area (Å²) >= 11 is 0. The maximum atomic E-state index is 6.00. The second-order valence-electron chi connectivity index (χ2n) is 4.61. The van der Waals surface area contributed by atoms with E-state index >= 15 is 0 Å². The van der Waals surface area contributed by atoms with E-state index < -0.39 is 0 Å². The van der Waals surface area contributed by atoms with E-state index in [2.05, 4.69) is 16.8 Å². The van der Waals surface area contributed by atoms with Crippen molar-refractivity contribution in [1.29, 1.82) is 0 Å². The summed E-state index contributed by atoms with van der Waals surface area (Å²) < 4.78 is 0. The summed E-state index contributed by atoms with van der Waals surface area (Å²) in [5.41, 5.74) is 6.00. The van der Waals surface area contributed by atoms with E-state index in [0.717, 1.165) is 31.4 Å². The molecule has 2 aliphatic rings. The van der Waals surface area contributed by atoms with Gasteiger partial charge in [-0.2, -0.15) is 0 Å². The first-order chi connectivity index (χ1) is 6.79. The van der Waals surface area contributed by atoms with Crippen LogP contribution in [0.3, 0.4) is 0 Å². The summed E-state index contributed by atoms with van der Waals surface area (Å²) in [7, 11) is 0. The molecule has 0 aromatic rings. The fraction of sp³-hybridized carbons (Fsp3) is 0.909. The van der Waals surface area contributed by atoms with Crippen molar-refractivity contribution < 1.29 is 0 Å². The molecule has 0 bridgehead atoms. The van der Waals surface area contributed by atoms with E-state index in [4.69, 9.17) is 5.73 Å². The molecule has 3 nitrogen and oxygen atoms in total. The van der Waals surface area contributed by atoms with Gasteiger partial charge < -0.3 is 10.6 Å². The Morgan fingerprint density at radius 3 is 2.57 bits per heavy atom. The normalized spacial score (nSPS) is 22.5. The van der Waals surface area contributed by atoms with Crippen molar-refractivity contribution in [3.8, 4) is 0 Å². The standard InChI is InChI=1S/C11H21N3/c1-2-7-14(8-9-3-4-9)11(12)13-10-5-6-10/h9-10H,2-8H2,1H3,(H2,12,13). The third kappa shape index (κ3) is 2.89. The van der Waals surface area contributed by atoms with Crippen LogP contribution in [0.15, 0.2) is 4.99 Å². The Labute approximate surface area is 86.4 Å². The van der Waals surface area contributed by atoms with E-state index in [1.165, 1.54) is 25.7 Å². The molecule has 0 radical (unpaired) electrons. The molecule has 0 aromatic carbocycles. The Morgan fingerprint density at radius 1 is 1.36 bits per heavy atom. The molecule has 2 N–H and O–H groups in total. The third-order valence-electron chi connectivity index (χ3n) is 2.85. The van der Waals surface area contributed by atoms with Crippen LogP contribution in [-0.2, 0) is 0 Å². The summed E-state index contributed by atoms with van der Waals surface area (Å²) in [6, 6.07) is 0.550. The summed E-state index contributed by atoms with van der Waals surface area (Å²) in [5, 5.41) is 0. The fourth-order valence-electron chi connectivity index (χ4n) is 1.65. The number of guanidine groups is 1. The first kappa shape index (κ1) is 9.81. The fourth-order valence-corrected chi connectivity index (χ4v) is 1.65. The minimum Gasteiger partial charge on any atom is -0.370 e. The van der Waals surface area contributed by atoms with Gasteiger partial charge in [-0.15, -0.1) is 0 Å². The monoisotopic (exact) mass is 195 g/mol. The van der Waals surface area contributed by atoms with Gasteiger partial charge in [-0.25, -0.2) is 4.99 Å². The zero-order valence-corrected chi connectivity index (χ0v) is 9.08. The summed E-state index contributed by atoms with van der Waals surface area (Å²) in [6.07, 6.45) is 6.41. The van der Waals surface area contributed by atoms with Crippen LogP contribution >= 0.6 is 0 Å². The Hall–Kier alpha value is -0.730. The van der Waals surface area contributed by atoms with Crippen LogP contribution in [-0.4, -0.2) is 30.0 Å². The molecule has 2 rings (SSSR count). The van der Waals surface area contributed by atoms with E-state index in [1.807, 2.05) is 0 Å². The molecule has 80 valence electrons. The summed E-state index contributed by atoms with van der Waals surface area (Å²) in [5.74, 6) is 1.69. The van der Waals surface area contributed by atoms with Gasteiger partial charge in [0.1, 0.15) is 0 Å². The predicted molar refractivity (Wildman–Crippen MR) is 59.2 cm³/mol. The summed E-state index contributed by atoms with van der Waals surface area (Å²) in [6.45, 7) is 4.40. The van der Waals surface area contributed by atoms with Crippen LogP contribution < -0.4 is 5.73 Å². The maximum absolute atomic E-state index is 6.00. The van der Waals surface area contributed by atoms with Crippen molar-refractivity contribution >= 4 is 5.96 Å². The van der Waals surface area contributed by atoms with Crippen LogP contribution in [0.5, 0.6) is 0 Å². The SMILES string of the molecule is CCCN(CC1CC1)C(N)=NC1CC1. The van der Waals surface area contributed by atoms with Gasteiger partial charge in [-0.1, -0.05) is 6.92 Å². The molecule has 0 heterocycles. The average molecular weight is 195 g/mol. The Bertz CT molecular complexity index is 217. The molecule has 0 aliphatic heterocycles. The number of hydrogen-bond acceptors (Lipinski definition) is 1. The number of nitrogens with two attached hydrogens (primary N) is 1. The first-order valence-electron chi connectivity index (χ1n) is 5.87. The molecule has 14 heavy (non-hydrogen) atoms. The van der Waals surface area contributed by atoms with Crippen LogP contribution in [0.25, 0.3) is 0 Å². The van der Waals surface area contributed by atoms with Gasteiger partial charge in [0.2, 0.25) is 0 Å². The highest BCUT2D eigenvalue weighted by atomic mass is 15.3. The quantitative estimate of drug-likeness (QED) is 0.534. The lowest BCUT2D eigenvalue weighted by Crippen LogP contribution is -2.39. The lowest BCUT2D eigenvalue weighted by Gasteiger charge is -2.22. The first-order valence-corrected chi connectivity index (χ1v) is 5.87. The highest BCUT2D eigenvalue weighted by Gasteiger charge is 2.26. The van der Waals surface area contributed by atoms with Gasteiger partial charge in [0.25, 0.3) is 0 Å². The van der Waals surface area contributed by atoms with Crippen molar-refractivity contribution in [2.24, 2.45) is 16.6 Å². The molecule has 0 amide bonds.